The van der Waals surface area contributed by atoms with Crippen LogP contribution >= 0.6 is 24.0 Å². The van der Waals surface area contributed by atoms with Gasteiger partial charge < -0.3 is 24.4 Å². The van der Waals surface area contributed by atoms with E-state index < -0.39 is 0 Å². The van der Waals surface area contributed by atoms with Crippen molar-refractivity contribution in [2.45, 2.75) is 33.1 Å². The van der Waals surface area contributed by atoms with Crippen LogP contribution in [0.15, 0.2) is 59.6 Å². The largest absolute Gasteiger partial charge is 0.382 e. The van der Waals surface area contributed by atoms with Gasteiger partial charge in [0.05, 0.1) is 39.6 Å². The van der Waals surface area contributed by atoms with Gasteiger partial charge in [-0.25, -0.2) is 4.99 Å². The fourth-order valence-electron chi connectivity index (χ4n) is 3.84. The average Bonchev–Trinajstić information content (AvgIpc) is 3.30. The molecule has 1 aliphatic heterocycles. The molecule has 7 heteroatoms. The maximum absolute atomic E-state index is 5.97. The van der Waals surface area contributed by atoms with E-state index in [9.17, 15) is 0 Å². The van der Waals surface area contributed by atoms with Gasteiger partial charge >= 0.3 is 0 Å². The van der Waals surface area contributed by atoms with Crippen molar-refractivity contribution in [2.24, 2.45) is 10.9 Å². The first-order chi connectivity index (χ1) is 15.8. The van der Waals surface area contributed by atoms with Crippen LogP contribution in [0, 0.1) is 5.92 Å². The highest BCUT2D eigenvalue weighted by Gasteiger charge is 2.25. The second-order valence-electron chi connectivity index (χ2n) is 8.09. The Hall–Kier alpha value is -1.68. The highest BCUT2D eigenvalue weighted by atomic mass is 127. The van der Waals surface area contributed by atoms with Gasteiger partial charge in [0.1, 0.15) is 0 Å². The van der Waals surface area contributed by atoms with Crippen molar-refractivity contribution in [3.8, 4) is 0 Å². The molecule has 1 fully saturated rings. The molecule has 2 aromatic carbocycles. The molecule has 0 bridgehead atoms. The summed E-state index contributed by atoms with van der Waals surface area (Å²) in [6.45, 7) is 8.87. The normalized spacial score (nSPS) is 16.0. The number of hydrogen-bond donors (Lipinski definition) is 1. The van der Waals surface area contributed by atoms with E-state index in [4.69, 9.17) is 19.2 Å². The molecule has 0 aromatic heterocycles. The Balaban J connectivity index is 0.00000385. The summed E-state index contributed by atoms with van der Waals surface area (Å²) in [5, 5.41) is 3.46. The zero-order valence-corrected chi connectivity index (χ0v) is 22.2. The predicted octanol–water partition coefficient (Wildman–Crippen LogP) is 4.47. The van der Waals surface area contributed by atoms with Crippen molar-refractivity contribution in [2.75, 3.05) is 46.6 Å². The Morgan fingerprint density at radius 2 is 1.76 bits per heavy atom. The molecule has 1 unspecified atom stereocenters. The lowest BCUT2D eigenvalue weighted by Gasteiger charge is -2.22. The quantitative estimate of drug-likeness (QED) is 0.178. The van der Waals surface area contributed by atoms with Gasteiger partial charge in [0.25, 0.3) is 0 Å². The van der Waals surface area contributed by atoms with Crippen molar-refractivity contribution in [3.63, 3.8) is 0 Å². The summed E-state index contributed by atoms with van der Waals surface area (Å²) < 4.78 is 16.8. The third kappa shape index (κ3) is 9.60. The Morgan fingerprint density at radius 3 is 2.52 bits per heavy atom. The van der Waals surface area contributed by atoms with Crippen LogP contribution in [0.25, 0.3) is 0 Å². The van der Waals surface area contributed by atoms with Crippen LogP contribution in [0.2, 0.25) is 0 Å². The van der Waals surface area contributed by atoms with Gasteiger partial charge in [0.15, 0.2) is 5.96 Å². The molecule has 0 radical (unpaired) electrons. The van der Waals surface area contributed by atoms with Gasteiger partial charge in [-0.3, -0.25) is 0 Å². The minimum absolute atomic E-state index is 0. The van der Waals surface area contributed by atoms with Gasteiger partial charge in [0.2, 0.25) is 0 Å². The van der Waals surface area contributed by atoms with Gasteiger partial charge in [-0.05, 0) is 30.0 Å². The van der Waals surface area contributed by atoms with Crippen molar-refractivity contribution < 1.29 is 14.2 Å². The van der Waals surface area contributed by atoms with Crippen LogP contribution in [0.3, 0.4) is 0 Å². The van der Waals surface area contributed by atoms with E-state index in [1.165, 1.54) is 16.7 Å². The highest BCUT2D eigenvalue weighted by Crippen LogP contribution is 2.18. The Bertz CT molecular complexity index is 819. The number of nitrogens with zero attached hydrogens (tertiary/aromatic N) is 2. The number of methoxy groups -OCH3 is 1. The molecule has 1 atom stereocenters. The first-order valence-electron chi connectivity index (χ1n) is 11.6. The summed E-state index contributed by atoms with van der Waals surface area (Å²) in [4.78, 5) is 7.30. The number of benzene rings is 2. The van der Waals surface area contributed by atoms with Crippen LogP contribution in [0.1, 0.15) is 30.0 Å². The molecular formula is C26H38IN3O3. The van der Waals surface area contributed by atoms with Crippen molar-refractivity contribution in [1.82, 2.24) is 10.2 Å². The Morgan fingerprint density at radius 1 is 1.00 bits per heavy atom. The van der Waals surface area contributed by atoms with Crippen LogP contribution in [-0.4, -0.2) is 57.4 Å². The first kappa shape index (κ1) is 27.6. The molecule has 1 N–H and O–H groups in total. The Labute approximate surface area is 215 Å². The fraction of sp³-hybridized carbons (Fsp3) is 0.500. The van der Waals surface area contributed by atoms with Crippen LogP contribution < -0.4 is 5.32 Å². The summed E-state index contributed by atoms with van der Waals surface area (Å²) in [6, 6.07) is 18.7. The van der Waals surface area contributed by atoms with Crippen molar-refractivity contribution in [1.29, 1.82) is 0 Å². The number of halogens is 1. The lowest BCUT2D eigenvalue weighted by atomic mass is 10.1. The Kier molecular flexibility index (Phi) is 13.4. The van der Waals surface area contributed by atoms with Crippen LogP contribution in [-0.2, 0) is 34.0 Å². The number of rotatable bonds is 12. The second-order valence-corrected chi connectivity index (χ2v) is 8.09. The number of likely N-dealkylation sites (tertiary alicyclic amines) is 1. The summed E-state index contributed by atoms with van der Waals surface area (Å²) in [5.41, 5.74) is 3.58. The second kappa shape index (κ2) is 16.0. The van der Waals surface area contributed by atoms with E-state index in [0.29, 0.717) is 38.9 Å². The molecule has 0 aliphatic carbocycles. The van der Waals surface area contributed by atoms with Gasteiger partial charge in [-0.2, -0.15) is 0 Å². The number of ether oxygens (including phenoxy) is 3. The van der Waals surface area contributed by atoms with Gasteiger partial charge in [0, 0.05) is 32.7 Å². The molecule has 182 valence electrons. The van der Waals surface area contributed by atoms with Crippen molar-refractivity contribution in [3.05, 3.63) is 71.3 Å². The third-order valence-electron chi connectivity index (χ3n) is 5.59. The predicted molar refractivity (Wildman–Crippen MR) is 144 cm³/mol. The zero-order chi connectivity index (χ0) is 22.4. The molecule has 6 nitrogen and oxygen atoms in total. The fourth-order valence-corrected chi connectivity index (χ4v) is 3.84. The van der Waals surface area contributed by atoms with E-state index in [2.05, 4.69) is 53.5 Å². The van der Waals surface area contributed by atoms with Crippen LogP contribution in [0.5, 0.6) is 0 Å². The molecule has 3 rings (SSSR count). The SMILES string of the molecule is CCNC(=NCc1ccccc1COCc1ccccc1)N1CCC(COCCOC)C1.I. The maximum Gasteiger partial charge on any atom is 0.194 e. The third-order valence-corrected chi connectivity index (χ3v) is 5.59. The zero-order valence-electron chi connectivity index (χ0n) is 19.9. The minimum atomic E-state index is 0. The monoisotopic (exact) mass is 567 g/mol. The molecule has 1 saturated heterocycles. The highest BCUT2D eigenvalue weighted by molar-refractivity contribution is 14.0. The molecule has 1 heterocycles. The standard InChI is InChI=1S/C26H37N3O3.HI/c1-3-27-26(29-14-13-23(18-29)20-31-16-15-30-2)28-17-24-11-7-8-12-25(24)21-32-19-22-9-5-4-6-10-22;/h4-12,23H,3,13-21H2,1-2H3,(H,27,28);1H. The van der Waals surface area contributed by atoms with Crippen LogP contribution in [0.4, 0.5) is 0 Å². The van der Waals surface area contributed by atoms with Crippen molar-refractivity contribution >= 4 is 29.9 Å². The average molecular weight is 568 g/mol. The first-order valence-corrected chi connectivity index (χ1v) is 11.6. The number of aliphatic imine (C=N–C) groups is 1. The minimum Gasteiger partial charge on any atom is -0.382 e. The van der Waals surface area contributed by atoms with Gasteiger partial charge in [-0.1, -0.05) is 54.6 Å². The summed E-state index contributed by atoms with van der Waals surface area (Å²) >= 11 is 0. The number of guanidine groups is 1. The van der Waals surface area contributed by atoms with E-state index in [1.54, 1.807) is 7.11 Å². The smallest absolute Gasteiger partial charge is 0.194 e. The summed E-state index contributed by atoms with van der Waals surface area (Å²) in [5.74, 6) is 1.52. The van der Waals surface area contributed by atoms with Gasteiger partial charge in [-0.15, -0.1) is 24.0 Å². The van der Waals surface area contributed by atoms with E-state index in [1.807, 2.05) is 18.2 Å². The van der Waals surface area contributed by atoms with E-state index >= 15 is 0 Å². The maximum atomic E-state index is 5.97. The number of nitrogens with one attached hydrogen (secondary N) is 1. The summed E-state index contributed by atoms with van der Waals surface area (Å²) in [6.07, 6.45) is 1.13. The number of hydrogen-bond acceptors (Lipinski definition) is 4. The summed E-state index contributed by atoms with van der Waals surface area (Å²) in [7, 11) is 1.70. The van der Waals surface area contributed by atoms with E-state index in [0.717, 1.165) is 38.6 Å². The molecule has 0 amide bonds. The lowest BCUT2D eigenvalue weighted by molar-refractivity contribution is 0.0536. The molecule has 1 aliphatic rings. The lowest BCUT2D eigenvalue weighted by Crippen LogP contribution is -2.40. The molecule has 2 aromatic rings. The molecule has 0 saturated carbocycles. The topological polar surface area (TPSA) is 55.3 Å². The molecule has 33 heavy (non-hydrogen) atoms. The van der Waals surface area contributed by atoms with E-state index in [-0.39, 0.29) is 24.0 Å². The molecule has 0 spiro atoms. The molecular weight excluding hydrogens is 529 g/mol.